The highest BCUT2D eigenvalue weighted by Gasteiger charge is 2.08. The second-order valence-corrected chi connectivity index (χ2v) is 5.36. The van der Waals surface area contributed by atoms with Gasteiger partial charge in [0.25, 0.3) is 11.6 Å². The Hall–Kier alpha value is -2.50. The maximum absolute atomic E-state index is 11.8. The monoisotopic (exact) mass is 303 g/mol. The van der Waals surface area contributed by atoms with Gasteiger partial charge in [-0.25, -0.2) is 5.43 Å². The predicted octanol–water partition coefficient (Wildman–Crippen LogP) is 3.69. The number of amides is 1. The van der Waals surface area contributed by atoms with Crippen molar-refractivity contribution in [3.63, 3.8) is 0 Å². The van der Waals surface area contributed by atoms with E-state index in [1.165, 1.54) is 29.8 Å². The summed E-state index contributed by atoms with van der Waals surface area (Å²) in [6.07, 6.45) is 5.80. The Balaban J connectivity index is 2.46. The van der Waals surface area contributed by atoms with Crippen molar-refractivity contribution < 1.29 is 9.72 Å². The van der Waals surface area contributed by atoms with Crippen LogP contribution >= 0.6 is 0 Å². The summed E-state index contributed by atoms with van der Waals surface area (Å²) in [7, 11) is 0. The van der Waals surface area contributed by atoms with Crippen LogP contribution in [-0.4, -0.2) is 17.0 Å². The predicted molar refractivity (Wildman–Crippen MR) is 86.9 cm³/mol. The molecule has 1 aromatic rings. The van der Waals surface area contributed by atoms with Crippen molar-refractivity contribution in [1.82, 2.24) is 5.43 Å². The Morgan fingerprint density at radius 2 is 2.00 bits per heavy atom. The second kappa shape index (κ2) is 8.71. The van der Waals surface area contributed by atoms with E-state index in [1.54, 1.807) is 6.21 Å². The molecule has 0 heterocycles. The van der Waals surface area contributed by atoms with Crippen LogP contribution in [0.3, 0.4) is 0 Å². The second-order valence-electron chi connectivity index (χ2n) is 5.36. The van der Waals surface area contributed by atoms with Crippen molar-refractivity contribution in [2.45, 2.75) is 33.6 Å². The molecule has 0 saturated heterocycles. The molecule has 0 aliphatic carbocycles. The number of hydrazone groups is 1. The number of nitro groups is 1. The third-order valence-corrected chi connectivity index (χ3v) is 3.01. The Morgan fingerprint density at radius 3 is 2.55 bits per heavy atom. The molecular formula is C16H21N3O3. The average molecular weight is 303 g/mol. The lowest BCUT2D eigenvalue weighted by Gasteiger charge is -2.04. The molecule has 0 fully saturated rings. The number of benzene rings is 1. The van der Waals surface area contributed by atoms with E-state index in [2.05, 4.69) is 30.5 Å². The standard InChI is InChI=1S/C16H21N3O3/c1-12(2)5-4-6-13(3)11-17-18-16(20)14-7-9-15(10-8-14)19(21)22/h5,7-11,13H,4,6H2,1-3H3,(H,18,20)/b17-11+. The summed E-state index contributed by atoms with van der Waals surface area (Å²) in [6, 6.07) is 5.39. The van der Waals surface area contributed by atoms with Gasteiger partial charge >= 0.3 is 0 Å². The summed E-state index contributed by atoms with van der Waals surface area (Å²) in [4.78, 5) is 21.8. The molecule has 0 radical (unpaired) electrons. The van der Waals surface area contributed by atoms with E-state index in [4.69, 9.17) is 0 Å². The number of nitro benzene ring substituents is 1. The molecule has 22 heavy (non-hydrogen) atoms. The number of rotatable bonds is 7. The summed E-state index contributed by atoms with van der Waals surface area (Å²) in [5.41, 5.74) is 4.00. The molecule has 6 nitrogen and oxygen atoms in total. The van der Waals surface area contributed by atoms with Gasteiger partial charge in [0.05, 0.1) is 4.92 Å². The van der Waals surface area contributed by atoms with Crippen molar-refractivity contribution >= 4 is 17.8 Å². The highest BCUT2D eigenvalue weighted by molar-refractivity contribution is 5.94. The Kier molecular flexibility index (Phi) is 6.95. The molecule has 0 aromatic heterocycles. The van der Waals surface area contributed by atoms with Crippen LogP contribution in [0, 0.1) is 16.0 Å². The molecule has 1 amide bonds. The van der Waals surface area contributed by atoms with E-state index in [0.29, 0.717) is 5.56 Å². The van der Waals surface area contributed by atoms with Gasteiger partial charge in [-0.3, -0.25) is 14.9 Å². The van der Waals surface area contributed by atoms with Crippen LogP contribution in [0.5, 0.6) is 0 Å². The zero-order chi connectivity index (χ0) is 16.5. The number of carbonyl (C=O) groups excluding carboxylic acids is 1. The summed E-state index contributed by atoms with van der Waals surface area (Å²) in [6.45, 7) is 6.15. The van der Waals surface area contributed by atoms with E-state index in [9.17, 15) is 14.9 Å². The largest absolute Gasteiger partial charge is 0.271 e. The molecule has 0 aliphatic heterocycles. The molecule has 0 aliphatic rings. The maximum atomic E-state index is 11.8. The maximum Gasteiger partial charge on any atom is 0.271 e. The van der Waals surface area contributed by atoms with Gasteiger partial charge in [-0.2, -0.15) is 5.10 Å². The molecule has 1 aromatic carbocycles. The lowest BCUT2D eigenvalue weighted by molar-refractivity contribution is -0.384. The Labute approximate surface area is 130 Å². The molecule has 0 saturated carbocycles. The molecular weight excluding hydrogens is 282 g/mol. The van der Waals surface area contributed by atoms with Gasteiger partial charge in [0, 0.05) is 23.9 Å². The molecule has 1 atom stereocenters. The van der Waals surface area contributed by atoms with Crippen molar-refractivity contribution in [1.29, 1.82) is 0 Å². The van der Waals surface area contributed by atoms with E-state index in [-0.39, 0.29) is 17.5 Å². The van der Waals surface area contributed by atoms with Gasteiger partial charge in [0.15, 0.2) is 0 Å². The van der Waals surface area contributed by atoms with Gasteiger partial charge < -0.3 is 0 Å². The topological polar surface area (TPSA) is 84.6 Å². The first-order valence-electron chi connectivity index (χ1n) is 7.11. The van der Waals surface area contributed by atoms with E-state index >= 15 is 0 Å². The summed E-state index contributed by atoms with van der Waals surface area (Å²) in [5.74, 6) is -0.129. The first kappa shape index (κ1) is 17.6. The third-order valence-electron chi connectivity index (χ3n) is 3.01. The van der Waals surface area contributed by atoms with Crippen molar-refractivity contribution in [3.8, 4) is 0 Å². The van der Waals surface area contributed by atoms with Gasteiger partial charge in [-0.1, -0.05) is 18.6 Å². The Morgan fingerprint density at radius 1 is 1.36 bits per heavy atom. The zero-order valence-corrected chi connectivity index (χ0v) is 13.1. The number of hydrogen-bond acceptors (Lipinski definition) is 4. The molecule has 1 N–H and O–H groups in total. The SMILES string of the molecule is CC(C)=CCCC(C)/C=N/NC(=O)c1ccc([N+](=O)[O-])cc1. The van der Waals surface area contributed by atoms with Crippen LogP contribution in [0.25, 0.3) is 0 Å². The zero-order valence-electron chi connectivity index (χ0n) is 13.1. The fraction of sp³-hybridized carbons (Fsp3) is 0.375. The summed E-state index contributed by atoms with van der Waals surface area (Å²) >= 11 is 0. The lowest BCUT2D eigenvalue weighted by Crippen LogP contribution is -2.18. The molecule has 118 valence electrons. The number of nitrogens with zero attached hydrogens (tertiary/aromatic N) is 2. The first-order chi connectivity index (χ1) is 10.4. The minimum Gasteiger partial charge on any atom is -0.267 e. The molecule has 1 rings (SSSR count). The number of carbonyl (C=O) groups is 1. The molecule has 1 unspecified atom stereocenters. The smallest absolute Gasteiger partial charge is 0.267 e. The van der Waals surface area contributed by atoms with Crippen molar-refractivity contribution in [3.05, 3.63) is 51.6 Å². The minimum atomic E-state index is -0.506. The van der Waals surface area contributed by atoms with Crippen LogP contribution in [0.2, 0.25) is 0 Å². The fourth-order valence-corrected chi connectivity index (χ4v) is 1.73. The normalized spacial score (nSPS) is 12.0. The van der Waals surface area contributed by atoms with E-state index in [0.717, 1.165) is 12.8 Å². The van der Waals surface area contributed by atoms with Crippen LogP contribution in [-0.2, 0) is 0 Å². The highest BCUT2D eigenvalue weighted by Crippen LogP contribution is 2.11. The van der Waals surface area contributed by atoms with Crippen molar-refractivity contribution in [2.24, 2.45) is 11.0 Å². The van der Waals surface area contributed by atoms with Gasteiger partial charge in [0.2, 0.25) is 0 Å². The van der Waals surface area contributed by atoms with Gasteiger partial charge in [0.1, 0.15) is 0 Å². The van der Waals surface area contributed by atoms with E-state index in [1.807, 2.05) is 6.92 Å². The first-order valence-corrected chi connectivity index (χ1v) is 7.11. The fourth-order valence-electron chi connectivity index (χ4n) is 1.73. The number of allylic oxidation sites excluding steroid dienone is 2. The molecule has 0 bridgehead atoms. The van der Waals surface area contributed by atoms with Gasteiger partial charge in [-0.05, 0) is 44.7 Å². The molecule has 6 heteroatoms. The van der Waals surface area contributed by atoms with E-state index < -0.39 is 4.92 Å². The number of non-ortho nitro benzene ring substituents is 1. The highest BCUT2D eigenvalue weighted by atomic mass is 16.6. The molecule has 0 spiro atoms. The van der Waals surface area contributed by atoms with Gasteiger partial charge in [-0.15, -0.1) is 0 Å². The Bertz CT molecular complexity index is 573. The van der Waals surface area contributed by atoms with Crippen LogP contribution < -0.4 is 5.43 Å². The lowest BCUT2D eigenvalue weighted by atomic mass is 10.1. The third kappa shape index (κ3) is 6.30. The van der Waals surface area contributed by atoms with Crippen LogP contribution in [0.4, 0.5) is 5.69 Å². The van der Waals surface area contributed by atoms with Crippen LogP contribution in [0.1, 0.15) is 44.0 Å². The van der Waals surface area contributed by atoms with Crippen LogP contribution in [0.15, 0.2) is 41.0 Å². The number of nitrogens with one attached hydrogen (secondary N) is 1. The average Bonchev–Trinajstić information content (AvgIpc) is 2.46. The minimum absolute atomic E-state index is 0.0482. The number of hydrogen-bond donors (Lipinski definition) is 1. The summed E-state index contributed by atoms with van der Waals surface area (Å²) in [5, 5.41) is 14.5. The van der Waals surface area contributed by atoms with Crippen molar-refractivity contribution in [2.75, 3.05) is 0 Å². The quantitative estimate of drug-likeness (QED) is 0.361. The summed E-state index contributed by atoms with van der Waals surface area (Å²) < 4.78 is 0.